The van der Waals surface area contributed by atoms with Crippen molar-refractivity contribution in [2.45, 2.75) is 19.4 Å². The van der Waals surface area contributed by atoms with Gasteiger partial charge in [-0.1, -0.05) is 15.9 Å². The fraction of sp³-hybridized carbons (Fsp3) is 0.625. The summed E-state index contributed by atoms with van der Waals surface area (Å²) >= 11 is 3.57. The normalized spacial score (nSPS) is 17.4. The second-order valence-electron chi connectivity index (χ2n) is 5.93. The SMILES string of the molecule is CNCc1cc(Br)ccc1N(C)CC1CCN(C)CC1. The summed E-state index contributed by atoms with van der Waals surface area (Å²) in [4.78, 5) is 4.86. The molecule has 1 aromatic carbocycles. The molecule has 0 aliphatic carbocycles. The van der Waals surface area contributed by atoms with E-state index in [2.05, 4.69) is 63.3 Å². The summed E-state index contributed by atoms with van der Waals surface area (Å²) in [5, 5.41) is 3.26. The van der Waals surface area contributed by atoms with Crippen molar-refractivity contribution in [1.82, 2.24) is 10.2 Å². The zero-order chi connectivity index (χ0) is 14.5. The largest absolute Gasteiger partial charge is 0.374 e. The van der Waals surface area contributed by atoms with Gasteiger partial charge in [-0.2, -0.15) is 0 Å². The lowest BCUT2D eigenvalue weighted by Gasteiger charge is -2.33. The van der Waals surface area contributed by atoms with Gasteiger partial charge in [0.2, 0.25) is 0 Å². The van der Waals surface area contributed by atoms with Crippen LogP contribution in [0.15, 0.2) is 22.7 Å². The minimum Gasteiger partial charge on any atom is -0.374 e. The first-order chi connectivity index (χ1) is 9.60. The van der Waals surface area contributed by atoms with Crippen molar-refractivity contribution in [3.63, 3.8) is 0 Å². The van der Waals surface area contributed by atoms with Gasteiger partial charge in [0.1, 0.15) is 0 Å². The van der Waals surface area contributed by atoms with E-state index < -0.39 is 0 Å². The average molecular weight is 340 g/mol. The topological polar surface area (TPSA) is 18.5 Å². The molecule has 1 saturated heterocycles. The highest BCUT2D eigenvalue weighted by molar-refractivity contribution is 9.10. The molecular formula is C16H26BrN3. The quantitative estimate of drug-likeness (QED) is 0.889. The van der Waals surface area contributed by atoms with Crippen molar-refractivity contribution < 1.29 is 0 Å². The Morgan fingerprint density at radius 1 is 1.35 bits per heavy atom. The lowest BCUT2D eigenvalue weighted by atomic mass is 9.96. The van der Waals surface area contributed by atoms with Gasteiger partial charge in [0.15, 0.2) is 0 Å². The molecule has 0 radical (unpaired) electrons. The molecular weight excluding hydrogens is 314 g/mol. The third-order valence-corrected chi connectivity index (χ3v) is 4.68. The molecule has 0 spiro atoms. The Balaban J connectivity index is 2.02. The van der Waals surface area contributed by atoms with E-state index in [0.29, 0.717) is 0 Å². The van der Waals surface area contributed by atoms with Crippen LogP contribution in [-0.4, -0.2) is 45.7 Å². The van der Waals surface area contributed by atoms with E-state index in [1.54, 1.807) is 0 Å². The highest BCUT2D eigenvalue weighted by atomic mass is 79.9. The maximum absolute atomic E-state index is 3.57. The van der Waals surface area contributed by atoms with Gasteiger partial charge in [-0.15, -0.1) is 0 Å². The van der Waals surface area contributed by atoms with Gasteiger partial charge in [-0.25, -0.2) is 0 Å². The van der Waals surface area contributed by atoms with Crippen molar-refractivity contribution in [2.24, 2.45) is 5.92 Å². The number of nitrogens with zero attached hydrogens (tertiary/aromatic N) is 2. The van der Waals surface area contributed by atoms with Crippen LogP contribution in [0.25, 0.3) is 0 Å². The Labute approximate surface area is 131 Å². The minimum atomic E-state index is 0.822. The predicted molar refractivity (Wildman–Crippen MR) is 90.4 cm³/mol. The maximum atomic E-state index is 3.57. The maximum Gasteiger partial charge on any atom is 0.0410 e. The van der Waals surface area contributed by atoms with Gasteiger partial charge < -0.3 is 15.1 Å². The summed E-state index contributed by atoms with van der Waals surface area (Å²) < 4.78 is 1.15. The summed E-state index contributed by atoms with van der Waals surface area (Å²) in [5.74, 6) is 0.822. The number of rotatable bonds is 5. The first-order valence-electron chi connectivity index (χ1n) is 7.43. The van der Waals surface area contributed by atoms with E-state index in [0.717, 1.165) is 23.5 Å². The van der Waals surface area contributed by atoms with Gasteiger partial charge in [0, 0.05) is 30.3 Å². The molecule has 0 saturated carbocycles. The van der Waals surface area contributed by atoms with E-state index in [1.165, 1.54) is 37.2 Å². The molecule has 1 heterocycles. The summed E-state index contributed by atoms with van der Waals surface area (Å²) in [6.07, 6.45) is 2.64. The van der Waals surface area contributed by atoms with E-state index in [9.17, 15) is 0 Å². The molecule has 1 N–H and O–H groups in total. The van der Waals surface area contributed by atoms with Crippen LogP contribution in [0.2, 0.25) is 0 Å². The molecule has 20 heavy (non-hydrogen) atoms. The highest BCUT2D eigenvalue weighted by Gasteiger charge is 2.19. The molecule has 112 valence electrons. The molecule has 2 rings (SSSR count). The number of hydrogen-bond donors (Lipinski definition) is 1. The summed E-state index contributed by atoms with van der Waals surface area (Å²) in [7, 11) is 6.45. The first kappa shape index (κ1) is 15.8. The Morgan fingerprint density at radius 2 is 2.05 bits per heavy atom. The number of hydrogen-bond acceptors (Lipinski definition) is 3. The van der Waals surface area contributed by atoms with Crippen LogP contribution in [-0.2, 0) is 6.54 Å². The monoisotopic (exact) mass is 339 g/mol. The van der Waals surface area contributed by atoms with Crippen molar-refractivity contribution in [1.29, 1.82) is 0 Å². The van der Waals surface area contributed by atoms with Crippen LogP contribution in [0.5, 0.6) is 0 Å². The molecule has 0 aromatic heterocycles. The molecule has 1 fully saturated rings. The van der Waals surface area contributed by atoms with Crippen molar-refractivity contribution in [2.75, 3.05) is 45.7 Å². The number of nitrogens with one attached hydrogen (secondary N) is 1. The van der Waals surface area contributed by atoms with E-state index in [1.807, 2.05) is 7.05 Å². The third-order valence-electron chi connectivity index (χ3n) is 4.19. The molecule has 0 bridgehead atoms. The van der Waals surface area contributed by atoms with Gasteiger partial charge in [-0.3, -0.25) is 0 Å². The van der Waals surface area contributed by atoms with Gasteiger partial charge in [-0.05, 0) is 69.7 Å². The van der Waals surface area contributed by atoms with Crippen molar-refractivity contribution >= 4 is 21.6 Å². The minimum absolute atomic E-state index is 0.822. The Bertz CT molecular complexity index is 428. The molecule has 1 aliphatic heterocycles. The Hall–Kier alpha value is -0.580. The molecule has 4 heteroatoms. The Morgan fingerprint density at radius 3 is 2.70 bits per heavy atom. The zero-order valence-electron chi connectivity index (χ0n) is 12.8. The van der Waals surface area contributed by atoms with E-state index in [4.69, 9.17) is 0 Å². The van der Waals surface area contributed by atoms with Crippen LogP contribution in [0.4, 0.5) is 5.69 Å². The van der Waals surface area contributed by atoms with E-state index in [-0.39, 0.29) is 0 Å². The number of piperidine rings is 1. The lowest BCUT2D eigenvalue weighted by molar-refractivity contribution is 0.222. The van der Waals surface area contributed by atoms with Gasteiger partial charge >= 0.3 is 0 Å². The molecule has 0 unspecified atom stereocenters. The predicted octanol–water partition coefficient (Wildman–Crippen LogP) is 2.95. The molecule has 3 nitrogen and oxygen atoms in total. The number of benzene rings is 1. The summed E-state index contributed by atoms with van der Waals surface area (Å²) in [6, 6.07) is 6.59. The van der Waals surface area contributed by atoms with E-state index >= 15 is 0 Å². The smallest absolute Gasteiger partial charge is 0.0410 e. The van der Waals surface area contributed by atoms with Gasteiger partial charge in [0.25, 0.3) is 0 Å². The average Bonchev–Trinajstić information content (AvgIpc) is 2.42. The van der Waals surface area contributed by atoms with Crippen molar-refractivity contribution in [3.8, 4) is 0 Å². The summed E-state index contributed by atoms with van der Waals surface area (Å²) in [6.45, 7) is 4.54. The van der Waals surface area contributed by atoms with Crippen LogP contribution >= 0.6 is 15.9 Å². The fourth-order valence-electron chi connectivity index (χ4n) is 2.99. The summed E-state index contributed by atoms with van der Waals surface area (Å²) in [5.41, 5.74) is 2.71. The lowest BCUT2D eigenvalue weighted by Crippen LogP contribution is -2.36. The second kappa shape index (κ2) is 7.43. The number of anilines is 1. The van der Waals surface area contributed by atoms with Crippen LogP contribution in [0.3, 0.4) is 0 Å². The zero-order valence-corrected chi connectivity index (χ0v) is 14.4. The third kappa shape index (κ3) is 4.21. The molecule has 1 aliphatic rings. The number of likely N-dealkylation sites (tertiary alicyclic amines) is 1. The first-order valence-corrected chi connectivity index (χ1v) is 8.22. The molecule has 0 amide bonds. The van der Waals surface area contributed by atoms with Crippen LogP contribution in [0, 0.1) is 5.92 Å². The van der Waals surface area contributed by atoms with Crippen LogP contribution < -0.4 is 10.2 Å². The van der Waals surface area contributed by atoms with Gasteiger partial charge in [0.05, 0.1) is 0 Å². The second-order valence-corrected chi connectivity index (χ2v) is 6.85. The fourth-order valence-corrected chi connectivity index (χ4v) is 3.40. The molecule has 1 aromatic rings. The van der Waals surface area contributed by atoms with Crippen LogP contribution in [0.1, 0.15) is 18.4 Å². The van der Waals surface area contributed by atoms with Crippen molar-refractivity contribution in [3.05, 3.63) is 28.2 Å². The molecule has 0 atom stereocenters. The highest BCUT2D eigenvalue weighted by Crippen LogP contribution is 2.26. The Kier molecular flexibility index (Phi) is 5.87. The number of halogens is 1. The standard InChI is InChI=1S/C16H26BrN3/c1-18-11-14-10-15(17)4-5-16(14)20(3)12-13-6-8-19(2)9-7-13/h4-5,10,13,18H,6-9,11-12H2,1-3H3.